The number of imidazole rings is 1. The van der Waals surface area contributed by atoms with Crippen molar-refractivity contribution >= 4 is 0 Å². The van der Waals surface area contributed by atoms with Gasteiger partial charge in [0.15, 0.2) is 0 Å². The van der Waals surface area contributed by atoms with Crippen LogP contribution in [0, 0.1) is 0 Å². The van der Waals surface area contributed by atoms with Crippen molar-refractivity contribution in [2.75, 3.05) is 7.11 Å². The third-order valence-corrected chi connectivity index (χ3v) is 4.06. The van der Waals surface area contributed by atoms with E-state index < -0.39 is 0 Å². The van der Waals surface area contributed by atoms with Gasteiger partial charge >= 0.3 is 0 Å². The van der Waals surface area contributed by atoms with Crippen molar-refractivity contribution in [3.8, 4) is 0 Å². The molecule has 0 amide bonds. The van der Waals surface area contributed by atoms with Crippen LogP contribution >= 0.6 is 0 Å². The van der Waals surface area contributed by atoms with Crippen LogP contribution in [0.3, 0.4) is 0 Å². The highest BCUT2D eigenvalue weighted by Gasteiger charge is 2.22. The molecule has 0 saturated carbocycles. The van der Waals surface area contributed by atoms with Crippen molar-refractivity contribution in [2.24, 2.45) is 0 Å². The van der Waals surface area contributed by atoms with E-state index in [4.69, 9.17) is 4.74 Å². The molecule has 1 aromatic heterocycles. The molecule has 118 valence electrons. The van der Waals surface area contributed by atoms with Crippen LogP contribution in [0.15, 0.2) is 73.1 Å². The molecule has 0 fully saturated rings. The van der Waals surface area contributed by atoms with E-state index in [0.717, 1.165) is 6.42 Å². The molecular weight excluding hydrogens is 284 g/mol. The first-order chi connectivity index (χ1) is 11.4. The second-order valence-electron chi connectivity index (χ2n) is 5.63. The van der Waals surface area contributed by atoms with E-state index in [1.807, 2.05) is 36.5 Å². The molecule has 23 heavy (non-hydrogen) atoms. The summed E-state index contributed by atoms with van der Waals surface area (Å²) in [6.45, 7) is 0.709. The quantitative estimate of drug-likeness (QED) is 0.723. The maximum absolute atomic E-state index is 4.93. The Bertz CT molecular complexity index is 707. The summed E-state index contributed by atoms with van der Waals surface area (Å²) in [5.74, 6) is 1.22. The zero-order valence-electron chi connectivity index (χ0n) is 13.4. The van der Waals surface area contributed by atoms with Crippen molar-refractivity contribution in [3.63, 3.8) is 0 Å². The lowest BCUT2D eigenvalue weighted by Gasteiger charge is -2.12. The molecule has 1 aliphatic heterocycles. The van der Waals surface area contributed by atoms with Crippen molar-refractivity contribution in [1.82, 2.24) is 9.55 Å². The number of aryl methyl sites for hydroxylation is 1. The third kappa shape index (κ3) is 3.88. The number of nitrogens with zero attached hydrogens (tertiary/aromatic N) is 2. The first kappa shape index (κ1) is 15.5. The molecule has 1 aliphatic rings. The minimum atomic E-state index is 0.508. The molecule has 0 spiro atoms. The SMILES string of the molecule is COCc1ccccc1.c1ccc([C@H]2CCc3nccn32)cc1. The molecular formula is C20H22N2O. The molecule has 4 rings (SSSR count). The number of hydrogen-bond donors (Lipinski definition) is 0. The summed E-state index contributed by atoms with van der Waals surface area (Å²) < 4.78 is 7.21. The van der Waals surface area contributed by atoms with Crippen molar-refractivity contribution in [2.45, 2.75) is 25.5 Å². The van der Waals surface area contributed by atoms with E-state index in [9.17, 15) is 0 Å². The molecule has 0 saturated heterocycles. The lowest BCUT2D eigenvalue weighted by Crippen LogP contribution is -2.03. The highest BCUT2D eigenvalue weighted by atomic mass is 16.5. The van der Waals surface area contributed by atoms with Crippen LogP contribution in [0.5, 0.6) is 0 Å². The maximum atomic E-state index is 4.93. The Hall–Kier alpha value is -2.39. The van der Waals surface area contributed by atoms with Gasteiger partial charge < -0.3 is 9.30 Å². The van der Waals surface area contributed by atoms with E-state index in [1.165, 1.54) is 23.4 Å². The number of hydrogen-bond acceptors (Lipinski definition) is 2. The number of aromatic nitrogens is 2. The maximum Gasteiger partial charge on any atom is 0.109 e. The topological polar surface area (TPSA) is 27.1 Å². The molecule has 0 N–H and O–H groups in total. The van der Waals surface area contributed by atoms with Gasteiger partial charge in [-0.15, -0.1) is 0 Å². The van der Waals surface area contributed by atoms with Crippen molar-refractivity contribution < 1.29 is 4.74 Å². The summed E-state index contributed by atoms with van der Waals surface area (Å²) in [6, 6.07) is 21.3. The largest absolute Gasteiger partial charge is 0.380 e. The Kier molecular flexibility index (Phi) is 5.22. The standard InChI is InChI=1S/C12H12N2.C8H10O/c1-2-4-10(5-3-1)11-6-7-12-13-8-9-14(11)12;1-9-7-8-5-3-2-4-6-8/h1-5,8-9,11H,6-7H2;2-6H,7H2,1H3/t11-;/m1./s1. The van der Waals surface area contributed by atoms with E-state index >= 15 is 0 Å². The second kappa shape index (κ2) is 7.75. The van der Waals surface area contributed by atoms with Gasteiger partial charge in [-0.3, -0.25) is 0 Å². The number of ether oxygens (including phenoxy) is 1. The summed E-state index contributed by atoms with van der Waals surface area (Å²) in [5, 5.41) is 0. The number of benzene rings is 2. The number of fused-ring (bicyclic) bond motifs is 1. The predicted octanol–water partition coefficient (Wildman–Crippen LogP) is 4.25. The summed E-state index contributed by atoms with van der Waals surface area (Å²) in [7, 11) is 1.70. The van der Waals surface area contributed by atoms with Gasteiger partial charge in [0.2, 0.25) is 0 Å². The number of rotatable bonds is 3. The summed E-state index contributed by atoms with van der Waals surface area (Å²) in [4.78, 5) is 4.34. The van der Waals surface area contributed by atoms with Crippen molar-refractivity contribution in [1.29, 1.82) is 0 Å². The van der Waals surface area contributed by atoms with Crippen LogP contribution in [0.25, 0.3) is 0 Å². The Labute approximate surface area is 137 Å². The molecule has 3 nitrogen and oxygen atoms in total. The highest BCUT2D eigenvalue weighted by Crippen LogP contribution is 2.30. The lowest BCUT2D eigenvalue weighted by atomic mass is 10.1. The molecule has 2 heterocycles. The molecule has 2 aromatic carbocycles. The fourth-order valence-electron chi connectivity index (χ4n) is 2.97. The van der Waals surface area contributed by atoms with Gasteiger partial charge in [0.1, 0.15) is 5.82 Å². The molecule has 0 radical (unpaired) electrons. The van der Waals surface area contributed by atoms with Crippen LogP contribution in [-0.2, 0) is 17.8 Å². The van der Waals surface area contributed by atoms with Crippen LogP contribution in [0.4, 0.5) is 0 Å². The molecule has 0 aliphatic carbocycles. The zero-order chi connectivity index (χ0) is 15.9. The summed E-state index contributed by atoms with van der Waals surface area (Å²) in [5.41, 5.74) is 2.62. The molecule has 3 heteroatoms. The average molecular weight is 306 g/mol. The molecule has 3 aromatic rings. The van der Waals surface area contributed by atoms with E-state index in [-0.39, 0.29) is 0 Å². The Morgan fingerprint density at radius 3 is 2.43 bits per heavy atom. The van der Waals surface area contributed by atoms with Gasteiger partial charge in [0, 0.05) is 25.9 Å². The average Bonchev–Trinajstić information content (AvgIpc) is 3.21. The zero-order valence-corrected chi connectivity index (χ0v) is 13.4. The number of methoxy groups -OCH3 is 1. The van der Waals surface area contributed by atoms with E-state index in [1.54, 1.807) is 7.11 Å². The Balaban J connectivity index is 0.000000151. The third-order valence-electron chi connectivity index (χ3n) is 4.06. The minimum Gasteiger partial charge on any atom is -0.380 e. The fourth-order valence-corrected chi connectivity index (χ4v) is 2.97. The van der Waals surface area contributed by atoms with Gasteiger partial charge in [-0.2, -0.15) is 0 Å². The van der Waals surface area contributed by atoms with E-state index in [2.05, 4.69) is 46.1 Å². The monoisotopic (exact) mass is 306 g/mol. The van der Waals surface area contributed by atoms with Gasteiger partial charge in [-0.25, -0.2) is 4.98 Å². The van der Waals surface area contributed by atoms with Crippen LogP contribution < -0.4 is 0 Å². The van der Waals surface area contributed by atoms with Crippen LogP contribution in [-0.4, -0.2) is 16.7 Å². The Morgan fingerprint density at radius 1 is 1.04 bits per heavy atom. The first-order valence-electron chi connectivity index (χ1n) is 7.98. The van der Waals surface area contributed by atoms with Gasteiger partial charge in [0.05, 0.1) is 12.6 Å². The van der Waals surface area contributed by atoms with Crippen LogP contribution in [0.1, 0.15) is 29.4 Å². The molecule has 0 unspecified atom stereocenters. The predicted molar refractivity (Wildman–Crippen MR) is 92.3 cm³/mol. The normalized spacial score (nSPS) is 15.6. The smallest absolute Gasteiger partial charge is 0.109 e. The van der Waals surface area contributed by atoms with E-state index in [0.29, 0.717) is 12.6 Å². The van der Waals surface area contributed by atoms with Crippen LogP contribution in [0.2, 0.25) is 0 Å². The van der Waals surface area contributed by atoms with Gasteiger partial charge in [-0.1, -0.05) is 60.7 Å². The second-order valence-corrected chi connectivity index (χ2v) is 5.63. The fraction of sp³-hybridized carbons (Fsp3) is 0.250. The Morgan fingerprint density at radius 2 is 1.74 bits per heavy atom. The van der Waals surface area contributed by atoms with Crippen molar-refractivity contribution in [3.05, 3.63) is 90.0 Å². The first-order valence-corrected chi connectivity index (χ1v) is 7.98. The van der Waals surface area contributed by atoms with Gasteiger partial charge in [-0.05, 0) is 17.5 Å². The summed E-state index contributed by atoms with van der Waals surface area (Å²) in [6.07, 6.45) is 6.27. The highest BCUT2D eigenvalue weighted by molar-refractivity contribution is 5.23. The minimum absolute atomic E-state index is 0.508. The molecule has 1 atom stereocenters. The lowest BCUT2D eigenvalue weighted by molar-refractivity contribution is 0.185. The summed E-state index contributed by atoms with van der Waals surface area (Å²) >= 11 is 0. The molecule has 0 bridgehead atoms. The van der Waals surface area contributed by atoms with Gasteiger partial charge in [0.25, 0.3) is 0 Å².